The number of ether oxygens (including phenoxy) is 1. The summed E-state index contributed by atoms with van der Waals surface area (Å²) in [5.74, 6) is 1.40. The first-order valence-corrected chi connectivity index (χ1v) is 8.19. The van der Waals surface area contributed by atoms with Gasteiger partial charge in [-0.3, -0.25) is 4.99 Å². The van der Waals surface area contributed by atoms with Crippen LogP contribution >= 0.6 is 0 Å². The zero-order valence-electron chi connectivity index (χ0n) is 14.2. The maximum atomic E-state index is 12.1. The number of aryl methyl sites for hydroxylation is 1. The van der Waals surface area contributed by atoms with Gasteiger partial charge in [0.05, 0.1) is 6.54 Å². The fourth-order valence-corrected chi connectivity index (χ4v) is 1.94. The van der Waals surface area contributed by atoms with Gasteiger partial charge in [-0.15, -0.1) is 0 Å². The summed E-state index contributed by atoms with van der Waals surface area (Å²) >= 11 is 0. The molecule has 0 saturated heterocycles. The standard InChI is InChI=1S/C17H26F3N3O/c1-3-21-16(22-11-5-4-10-17(18,19)20)23-12-13-24-15-8-6-14(2)7-9-15/h6-9H,3-5,10-13H2,1-2H3,(H2,21,22,23). The maximum Gasteiger partial charge on any atom is 0.389 e. The summed E-state index contributed by atoms with van der Waals surface area (Å²) in [6, 6.07) is 7.79. The number of nitrogens with zero attached hydrogens (tertiary/aromatic N) is 1. The second-order valence-corrected chi connectivity index (χ2v) is 5.42. The molecule has 0 atom stereocenters. The second kappa shape index (κ2) is 10.8. The molecule has 1 aromatic carbocycles. The molecule has 1 aromatic rings. The van der Waals surface area contributed by atoms with Gasteiger partial charge >= 0.3 is 6.18 Å². The van der Waals surface area contributed by atoms with Crippen LogP contribution in [0.5, 0.6) is 5.75 Å². The van der Waals surface area contributed by atoms with Crippen molar-refractivity contribution in [2.45, 2.75) is 39.3 Å². The molecular weight excluding hydrogens is 319 g/mol. The summed E-state index contributed by atoms with van der Waals surface area (Å²) in [5, 5.41) is 6.16. The van der Waals surface area contributed by atoms with E-state index in [1.807, 2.05) is 38.1 Å². The number of unbranched alkanes of at least 4 members (excludes halogenated alkanes) is 1. The number of guanidine groups is 1. The first-order valence-electron chi connectivity index (χ1n) is 8.19. The number of halogens is 3. The highest BCUT2D eigenvalue weighted by Crippen LogP contribution is 2.21. The van der Waals surface area contributed by atoms with E-state index in [0.29, 0.717) is 38.6 Å². The van der Waals surface area contributed by atoms with E-state index in [2.05, 4.69) is 15.6 Å². The molecule has 0 bridgehead atoms. The average molecular weight is 345 g/mol. The molecule has 136 valence electrons. The Balaban J connectivity index is 2.24. The Hall–Kier alpha value is -1.92. The van der Waals surface area contributed by atoms with Gasteiger partial charge in [0.25, 0.3) is 0 Å². The summed E-state index contributed by atoms with van der Waals surface area (Å²) in [5.41, 5.74) is 1.17. The Morgan fingerprint density at radius 1 is 1.12 bits per heavy atom. The molecule has 0 aromatic heterocycles. The van der Waals surface area contributed by atoms with Crippen molar-refractivity contribution in [3.05, 3.63) is 29.8 Å². The molecule has 4 nitrogen and oxygen atoms in total. The summed E-state index contributed by atoms with van der Waals surface area (Å²) < 4.78 is 41.8. The second-order valence-electron chi connectivity index (χ2n) is 5.42. The molecule has 0 fully saturated rings. The van der Waals surface area contributed by atoms with Crippen LogP contribution in [0.2, 0.25) is 0 Å². The molecule has 0 unspecified atom stereocenters. The molecular formula is C17H26F3N3O. The predicted molar refractivity (Wildman–Crippen MR) is 90.6 cm³/mol. The number of rotatable bonds is 9. The zero-order valence-corrected chi connectivity index (χ0v) is 14.2. The molecule has 0 saturated carbocycles. The van der Waals surface area contributed by atoms with Crippen molar-refractivity contribution in [3.63, 3.8) is 0 Å². The molecule has 0 aliphatic carbocycles. The van der Waals surface area contributed by atoms with Crippen LogP contribution < -0.4 is 15.4 Å². The minimum absolute atomic E-state index is 0.100. The van der Waals surface area contributed by atoms with Crippen molar-refractivity contribution in [1.29, 1.82) is 0 Å². The summed E-state index contributed by atoms with van der Waals surface area (Å²) in [4.78, 5) is 4.26. The minimum atomic E-state index is -4.08. The molecule has 0 heterocycles. The largest absolute Gasteiger partial charge is 0.492 e. The van der Waals surface area contributed by atoms with E-state index in [1.54, 1.807) is 0 Å². The lowest BCUT2D eigenvalue weighted by atomic mass is 10.2. The van der Waals surface area contributed by atoms with Crippen LogP contribution in [0.4, 0.5) is 13.2 Å². The van der Waals surface area contributed by atoms with E-state index in [1.165, 1.54) is 5.56 Å². The van der Waals surface area contributed by atoms with Gasteiger partial charge in [0.1, 0.15) is 12.4 Å². The highest BCUT2D eigenvalue weighted by Gasteiger charge is 2.25. The molecule has 0 aliphatic heterocycles. The highest BCUT2D eigenvalue weighted by molar-refractivity contribution is 5.79. The van der Waals surface area contributed by atoms with E-state index in [-0.39, 0.29) is 6.42 Å². The summed E-state index contributed by atoms with van der Waals surface area (Å²) in [6.45, 7) is 6.03. The van der Waals surface area contributed by atoms with E-state index in [4.69, 9.17) is 4.74 Å². The lowest BCUT2D eigenvalue weighted by Gasteiger charge is -2.12. The van der Waals surface area contributed by atoms with Gasteiger partial charge in [-0.1, -0.05) is 17.7 Å². The lowest BCUT2D eigenvalue weighted by molar-refractivity contribution is -0.135. The van der Waals surface area contributed by atoms with Crippen LogP contribution in [0.25, 0.3) is 0 Å². The van der Waals surface area contributed by atoms with Crippen molar-refractivity contribution in [3.8, 4) is 5.75 Å². The summed E-state index contributed by atoms with van der Waals surface area (Å²) in [6.07, 6.45) is -4.32. The Morgan fingerprint density at radius 3 is 2.46 bits per heavy atom. The molecule has 0 aliphatic rings. The van der Waals surface area contributed by atoms with Crippen LogP contribution in [0.15, 0.2) is 29.3 Å². The van der Waals surface area contributed by atoms with Gasteiger partial charge < -0.3 is 15.4 Å². The first kappa shape index (κ1) is 20.1. The van der Waals surface area contributed by atoms with Crippen LogP contribution in [-0.4, -0.2) is 38.4 Å². The first-order chi connectivity index (χ1) is 11.4. The van der Waals surface area contributed by atoms with Crippen LogP contribution in [0.3, 0.4) is 0 Å². The molecule has 0 amide bonds. The van der Waals surface area contributed by atoms with E-state index in [0.717, 1.165) is 5.75 Å². The quantitative estimate of drug-likeness (QED) is 0.408. The molecule has 7 heteroatoms. The van der Waals surface area contributed by atoms with E-state index in [9.17, 15) is 13.2 Å². The Labute approximate surface area is 141 Å². The van der Waals surface area contributed by atoms with Crippen molar-refractivity contribution in [1.82, 2.24) is 10.6 Å². The van der Waals surface area contributed by atoms with Gasteiger partial charge in [0, 0.05) is 19.5 Å². The third-order valence-electron chi connectivity index (χ3n) is 3.17. The monoisotopic (exact) mass is 345 g/mol. The molecule has 1 rings (SSSR count). The normalized spacial score (nSPS) is 12.1. The molecule has 2 N–H and O–H groups in total. The maximum absolute atomic E-state index is 12.1. The third kappa shape index (κ3) is 9.97. The van der Waals surface area contributed by atoms with Crippen molar-refractivity contribution >= 4 is 5.96 Å². The Bertz CT molecular complexity index is 487. The minimum Gasteiger partial charge on any atom is -0.492 e. The van der Waals surface area contributed by atoms with Gasteiger partial charge in [0.2, 0.25) is 0 Å². The number of aliphatic imine (C=N–C) groups is 1. The van der Waals surface area contributed by atoms with Crippen molar-refractivity contribution in [2.24, 2.45) is 4.99 Å². The topological polar surface area (TPSA) is 45.7 Å². The van der Waals surface area contributed by atoms with Gasteiger partial charge in [0.15, 0.2) is 5.96 Å². The fourth-order valence-electron chi connectivity index (χ4n) is 1.94. The third-order valence-corrected chi connectivity index (χ3v) is 3.17. The van der Waals surface area contributed by atoms with Crippen molar-refractivity contribution < 1.29 is 17.9 Å². The lowest BCUT2D eigenvalue weighted by Crippen LogP contribution is -2.39. The van der Waals surface area contributed by atoms with Gasteiger partial charge in [-0.25, -0.2) is 0 Å². The highest BCUT2D eigenvalue weighted by atomic mass is 19.4. The van der Waals surface area contributed by atoms with Gasteiger partial charge in [-0.2, -0.15) is 13.2 Å². The average Bonchev–Trinajstić information content (AvgIpc) is 2.51. The van der Waals surface area contributed by atoms with Gasteiger partial charge in [-0.05, 0) is 38.8 Å². The fraction of sp³-hybridized carbons (Fsp3) is 0.588. The summed E-state index contributed by atoms with van der Waals surface area (Å²) in [7, 11) is 0. The Kier molecular flexibility index (Phi) is 9.04. The number of hydrogen-bond acceptors (Lipinski definition) is 2. The number of nitrogens with one attached hydrogen (secondary N) is 2. The number of alkyl halides is 3. The van der Waals surface area contributed by atoms with E-state index < -0.39 is 12.6 Å². The van der Waals surface area contributed by atoms with Crippen molar-refractivity contribution in [2.75, 3.05) is 26.2 Å². The SMILES string of the molecule is CCNC(=NCCCCC(F)(F)F)NCCOc1ccc(C)cc1. The van der Waals surface area contributed by atoms with Crippen LogP contribution in [0, 0.1) is 6.92 Å². The molecule has 0 radical (unpaired) electrons. The van der Waals surface area contributed by atoms with Crippen LogP contribution in [0.1, 0.15) is 31.7 Å². The zero-order chi connectivity index (χ0) is 17.8. The van der Waals surface area contributed by atoms with E-state index >= 15 is 0 Å². The van der Waals surface area contributed by atoms with Crippen LogP contribution in [-0.2, 0) is 0 Å². The number of benzene rings is 1. The molecule has 0 spiro atoms. The number of hydrogen-bond donors (Lipinski definition) is 2. The smallest absolute Gasteiger partial charge is 0.389 e. The molecule has 24 heavy (non-hydrogen) atoms. The predicted octanol–water partition coefficient (Wildman–Crippen LogP) is 3.66. The Morgan fingerprint density at radius 2 is 1.83 bits per heavy atom.